The predicted molar refractivity (Wildman–Crippen MR) is 116 cm³/mol. The van der Waals surface area contributed by atoms with Crippen molar-refractivity contribution < 1.29 is 9.59 Å². The number of amides is 2. The van der Waals surface area contributed by atoms with Gasteiger partial charge in [-0.05, 0) is 30.7 Å². The monoisotopic (exact) mass is 419 g/mol. The number of benzene rings is 1. The number of aryl methyl sites for hydroxylation is 1. The number of aromatic nitrogens is 3. The second kappa shape index (κ2) is 9.51. The van der Waals surface area contributed by atoms with Crippen molar-refractivity contribution in [2.75, 3.05) is 26.2 Å². The van der Waals surface area contributed by atoms with Crippen LogP contribution < -0.4 is 5.56 Å². The van der Waals surface area contributed by atoms with Crippen LogP contribution in [0.2, 0.25) is 0 Å². The largest absolute Gasteiger partial charge is 0.339 e. The molecular formula is C23H25N5O3. The zero-order valence-electron chi connectivity index (χ0n) is 17.3. The molecule has 0 unspecified atom stereocenters. The summed E-state index contributed by atoms with van der Waals surface area (Å²) >= 11 is 0. The molecule has 2 amide bonds. The van der Waals surface area contributed by atoms with Crippen molar-refractivity contribution >= 4 is 22.7 Å². The van der Waals surface area contributed by atoms with Crippen molar-refractivity contribution in [1.29, 1.82) is 0 Å². The molecule has 0 spiro atoms. The molecule has 1 aliphatic rings. The summed E-state index contributed by atoms with van der Waals surface area (Å²) in [6.45, 7) is 2.16. The molecule has 1 N–H and O–H groups in total. The van der Waals surface area contributed by atoms with Gasteiger partial charge < -0.3 is 14.8 Å². The maximum atomic E-state index is 12.6. The molecule has 31 heavy (non-hydrogen) atoms. The van der Waals surface area contributed by atoms with Gasteiger partial charge in [0.05, 0.1) is 17.3 Å². The number of pyridine rings is 1. The highest BCUT2D eigenvalue weighted by atomic mass is 16.2. The number of carbonyl (C=O) groups is 2. The molecule has 0 aliphatic carbocycles. The van der Waals surface area contributed by atoms with Gasteiger partial charge in [0.1, 0.15) is 5.82 Å². The number of fused-ring (bicyclic) bond motifs is 1. The fourth-order valence-electron chi connectivity index (χ4n) is 3.79. The number of carbonyl (C=O) groups excluding carboxylic acids is 2. The summed E-state index contributed by atoms with van der Waals surface area (Å²) in [5.41, 5.74) is 1.27. The van der Waals surface area contributed by atoms with Crippen LogP contribution in [0.4, 0.5) is 0 Å². The Kier molecular flexibility index (Phi) is 6.35. The van der Waals surface area contributed by atoms with E-state index in [2.05, 4.69) is 15.0 Å². The smallest absolute Gasteiger partial charge is 0.258 e. The van der Waals surface area contributed by atoms with Gasteiger partial charge in [-0.1, -0.05) is 18.2 Å². The summed E-state index contributed by atoms with van der Waals surface area (Å²) in [6.07, 6.45) is 3.50. The molecule has 3 aromatic rings. The van der Waals surface area contributed by atoms with Gasteiger partial charge >= 0.3 is 0 Å². The Hall–Kier alpha value is -3.55. The number of piperazine rings is 1. The van der Waals surface area contributed by atoms with Gasteiger partial charge in [-0.15, -0.1) is 0 Å². The van der Waals surface area contributed by atoms with Crippen LogP contribution in [-0.4, -0.2) is 62.7 Å². The van der Waals surface area contributed by atoms with Crippen LogP contribution in [0.3, 0.4) is 0 Å². The molecule has 1 fully saturated rings. The van der Waals surface area contributed by atoms with Crippen LogP contribution in [0.25, 0.3) is 10.9 Å². The third kappa shape index (κ3) is 5.14. The molecule has 2 aromatic heterocycles. The zero-order chi connectivity index (χ0) is 21.6. The summed E-state index contributed by atoms with van der Waals surface area (Å²) < 4.78 is 0. The van der Waals surface area contributed by atoms with Crippen LogP contribution in [-0.2, 0) is 22.4 Å². The van der Waals surface area contributed by atoms with Gasteiger partial charge in [0.15, 0.2) is 0 Å². The van der Waals surface area contributed by atoms with Gasteiger partial charge in [0, 0.05) is 50.9 Å². The molecule has 160 valence electrons. The third-order valence-electron chi connectivity index (χ3n) is 5.51. The molecule has 8 nitrogen and oxygen atoms in total. The maximum Gasteiger partial charge on any atom is 0.258 e. The second-order valence-electron chi connectivity index (χ2n) is 7.64. The summed E-state index contributed by atoms with van der Waals surface area (Å²) in [5, 5.41) is 0.567. The van der Waals surface area contributed by atoms with Crippen molar-refractivity contribution in [3.8, 4) is 0 Å². The van der Waals surface area contributed by atoms with Crippen molar-refractivity contribution in [2.45, 2.75) is 25.7 Å². The summed E-state index contributed by atoms with van der Waals surface area (Å²) in [6, 6.07) is 12.8. The Morgan fingerprint density at radius 2 is 1.65 bits per heavy atom. The molecule has 8 heteroatoms. The number of H-pyrrole nitrogens is 1. The Balaban J connectivity index is 1.23. The maximum absolute atomic E-state index is 12.6. The van der Waals surface area contributed by atoms with Crippen LogP contribution in [0.5, 0.6) is 0 Å². The molecule has 4 rings (SSSR count). The lowest BCUT2D eigenvalue weighted by molar-refractivity contribution is -0.139. The number of hydrogen-bond acceptors (Lipinski definition) is 5. The predicted octanol–water partition coefficient (Wildman–Crippen LogP) is 1.55. The minimum Gasteiger partial charge on any atom is -0.339 e. The first kappa shape index (κ1) is 20.7. The average molecular weight is 419 g/mol. The van der Waals surface area contributed by atoms with E-state index in [-0.39, 0.29) is 23.8 Å². The van der Waals surface area contributed by atoms with E-state index >= 15 is 0 Å². The quantitative estimate of drug-likeness (QED) is 0.654. The number of para-hydroxylation sites is 1. The van der Waals surface area contributed by atoms with Gasteiger partial charge in [-0.25, -0.2) is 4.98 Å². The second-order valence-corrected chi connectivity index (χ2v) is 7.64. The molecule has 0 bridgehead atoms. The van der Waals surface area contributed by atoms with Crippen molar-refractivity contribution in [2.24, 2.45) is 0 Å². The van der Waals surface area contributed by atoms with Gasteiger partial charge in [0.2, 0.25) is 11.8 Å². The molecule has 0 radical (unpaired) electrons. The number of nitrogens with one attached hydrogen (secondary N) is 1. The van der Waals surface area contributed by atoms with E-state index in [0.717, 1.165) is 5.69 Å². The summed E-state index contributed by atoms with van der Waals surface area (Å²) in [7, 11) is 0. The number of rotatable bonds is 6. The van der Waals surface area contributed by atoms with Crippen LogP contribution in [0.1, 0.15) is 24.4 Å². The highest BCUT2D eigenvalue weighted by Gasteiger charge is 2.24. The van der Waals surface area contributed by atoms with E-state index in [1.807, 2.05) is 36.4 Å². The van der Waals surface area contributed by atoms with E-state index in [4.69, 9.17) is 0 Å². The van der Waals surface area contributed by atoms with Gasteiger partial charge in [0.25, 0.3) is 5.56 Å². The first-order chi connectivity index (χ1) is 15.1. The first-order valence-electron chi connectivity index (χ1n) is 10.5. The molecule has 0 atom stereocenters. The van der Waals surface area contributed by atoms with E-state index in [9.17, 15) is 14.4 Å². The molecule has 0 saturated carbocycles. The fraction of sp³-hybridized carbons (Fsp3) is 0.348. The lowest BCUT2D eigenvalue weighted by Crippen LogP contribution is -2.51. The van der Waals surface area contributed by atoms with Crippen molar-refractivity contribution in [3.63, 3.8) is 0 Å². The molecule has 1 saturated heterocycles. The lowest BCUT2D eigenvalue weighted by Gasteiger charge is -2.35. The number of aromatic amines is 1. The first-order valence-corrected chi connectivity index (χ1v) is 10.5. The van der Waals surface area contributed by atoms with E-state index in [0.29, 0.717) is 62.2 Å². The normalized spacial score (nSPS) is 14.1. The number of nitrogens with zero attached hydrogens (tertiary/aromatic N) is 4. The Morgan fingerprint density at radius 3 is 2.39 bits per heavy atom. The highest BCUT2D eigenvalue weighted by Crippen LogP contribution is 2.10. The third-order valence-corrected chi connectivity index (χ3v) is 5.51. The minimum absolute atomic E-state index is 0.0390. The van der Waals surface area contributed by atoms with Crippen LogP contribution in [0, 0.1) is 0 Å². The van der Waals surface area contributed by atoms with E-state index in [1.54, 1.807) is 22.1 Å². The Labute approximate surface area is 179 Å². The van der Waals surface area contributed by atoms with Crippen LogP contribution >= 0.6 is 0 Å². The van der Waals surface area contributed by atoms with Crippen molar-refractivity contribution in [1.82, 2.24) is 24.8 Å². The Morgan fingerprint density at radius 1 is 0.935 bits per heavy atom. The SMILES string of the molecule is O=C(CCCc1nc2ccccc2c(=O)[nH]1)N1CCN(C(=O)Cc2ccccn2)CC1. The van der Waals surface area contributed by atoms with Gasteiger partial charge in [-0.3, -0.25) is 19.4 Å². The molecule has 1 aromatic carbocycles. The highest BCUT2D eigenvalue weighted by molar-refractivity contribution is 5.80. The fourth-order valence-corrected chi connectivity index (χ4v) is 3.79. The average Bonchev–Trinajstić information content (AvgIpc) is 2.80. The number of hydrogen-bond donors (Lipinski definition) is 1. The Bertz CT molecular complexity index is 1120. The summed E-state index contributed by atoms with van der Waals surface area (Å²) in [5.74, 6) is 0.707. The molecular weight excluding hydrogens is 394 g/mol. The molecule has 3 heterocycles. The lowest BCUT2D eigenvalue weighted by atomic mass is 10.1. The molecule has 1 aliphatic heterocycles. The van der Waals surface area contributed by atoms with Crippen molar-refractivity contribution in [3.05, 3.63) is 70.5 Å². The van der Waals surface area contributed by atoms with Crippen LogP contribution in [0.15, 0.2) is 53.5 Å². The van der Waals surface area contributed by atoms with Gasteiger partial charge in [-0.2, -0.15) is 0 Å². The topological polar surface area (TPSA) is 99.3 Å². The van der Waals surface area contributed by atoms with E-state index < -0.39 is 0 Å². The standard InChI is InChI=1S/C23H25N5O3/c29-21(10-5-9-20-25-19-8-2-1-7-18(19)23(31)26-20)27-12-14-28(15-13-27)22(30)16-17-6-3-4-11-24-17/h1-4,6-8,11H,5,9-10,12-16H2,(H,25,26,31). The summed E-state index contributed by atoms with van der Waals surface area (Å²) in [4.78, 5) is 52.2. The van der Waals surface area contributed by atoms with E-state index in [1.165, 1.54) is 0 Å². The minimum atomic E-state index is -0.154. The zero-order valence-corrected chi connectivity index (χ0v) is 17.3.